The van der Waals surface area contributed by atoms with Gasteiger partial charge in [-0.1, -0.05) is 60.7 Å². The monoisotopic (exact) mass is 384 g/mol. The summed E-state index contributed by atoms with van der Waals surface area (Å²) in [4.78, 5) is 12.6. The van der Waals surface area contributed by atoms with Crippen molar-refractivity contribution in [1.82, 2.24) is 0 Å². The van der Waals surface area contributed by atoms with E-state index in [0.29, 0.717) is 23.7 Å². The van der Waals surface area contributed by atoms with E-state index in [1.54, 1.807) is 37.5 Å². The number of Topliss-reactive ketones (excluding diaryl/α,β-unsaturated/α-hetero) is 1. The number of carbonyl (C=O) groups excluding carboxylic acids is 1. The number of benzene rings is 3. The van der Waals surface area contributed by atoms with Crippen LogP contribution in [0, 0.1) is 0 Å². The van der Waals surface area contributed by atoms with Crippen LogP contribution in [0.4, 0.5) is 0 Å². The van der Waals surface area contributed by atoms with Crippen molar-refractivity contribution < 1.29 is 19.0 Å². The lowest BCUT2D eigenvalue weighted by Gasteiger charge is -2.07. The number of rotatable bonds is 6. The highest BCUT2D eigenvalue weighted by atomic mass is 16.5. The van der Waals surface area contributed by atoms with Gasteiger partial charge in [-0.05, 0) is 29.8 Å². The van der Waals surface area contributed by atoms with Crippen molar-refractivity contribution in [3.8, 4) is 17.2 Å². The number of carbonyl (C=O) groups is 1. The molecule has 0 saturated carbocycles. The Bertz CT molecular complexity index is 1080. The van der Waals surface area contributed by atoms with Crippen LogP contribution >= 0.6 is 0 Å². The minimum absolute atomic E-state index is 0.140. The number of hydrogen-bond donors (Lipinski definition) is 0. The van der Waals surface area contributed by atoms with Crippen molar-refractivity contribution in [3.63, 3.8) is 0 Å². The fourth-order valence-corrected chi connectivity index (χ4v) is 3.06. The molecule has 0 amide bonds. The largest absolute Gasteiger partial charge is 0.496 e. The summed E-state index contributed by atoms with van der Waals surface area (Å²) < 4.78 is 16.9. The summed E-state index contributed by atoms with van der Waals surface area (Å²) >= 11 is 0. The van der Waals surface area contributed by atoms with E-state index in [2.05, 4.69) is 0 Å². The van der Waals surface area contributed by atoms with Crippen LogP contribution in [0.5, 0.6) is 17.2 Å². The maximum absolute atomic E-state index is 12.6. The summed E-state index contributed by atoms with van der Waals surface area (Å²) in [7, 11) is 1.63. The molecule has 29 heavy (non-hydrogen) atoms. The third-order valence-electron chi connectivity index (χ3n) is 4.55. The molecule has 0 saturated heterocycles. The predicted octanol–water partition coefficient (Wildman–Crippen LogP) is 5.45. The average molecular weight is 384 g/mol. The Kier molecular flexibility index (Phi) is 5.43. The first-order valence-electron chi connectivity index (χ1n) is 9.29. The van der Waals surface area contributed by atoms with Gasteiger partial charge < -0.3 is 14.2 Å². The maximum Gasteiger partial charge on any atom is 0.231 e. The highest BCUT2D eigenvalue weighted by molar-refractivity contribution is 6.12. The van der Waals surface area contributed by atoms with Crippen LogP contribution in [-0.2, 0) is 6.61 Å². The van der Waals surface area contributed by atoms with Gasteiger partial charge in [0.15, 0.2) is 5.76 Å². The first kappa shape index (κ1) is 18.6. The Balaban J connectivity index is 1.46. The van der Waals surface area contributed by atoms with Gasteiger partial charge in [0, 0.05) is 11.6 Å². The molecule has 1 aliphatic heterocycles. The quantitative estimate of drug-likeness (QED) is 0.531. The molecule has 1 heterocycles. The van der Waals surface area contributed by atoms with Gasteiger partial charge in [0.2, 0.25) is 5.78 Å². The van der Waals surface area contributed by atoms with Crippen LogP contribution in [-0.4, -0.2) is 12.9 Å². The van der Waals surface area contributed by atoms with Crippen LogP contribution in [0.1, 0.15) is 21.5 Å². The Morgan fingerprint density at radius 1 is 0.966 bits per heavy atom. The molecule has 1 aliphatic rings. The van der Waals surface area contributed by atoms with Crippen molar-refractivity contribution in [2.75, 3.05) is 7.11 Å². The topological polar surface area (TPSA) is 44.8 Å². The second kappa shape index (κ2) is 8.48. The molecule has 0 unspecified atom stereocenters. The molecule has 3 aromatic carbocycles. The number of methoxy groups -OCH3 is 1. The van der Waals surface area contributed by atoms with Gasteiger partial charge in [-0.3, -0.25) is 4.79 Å². The van der Waals surface area contributed by atoms with E-state index in [0.717, 1.165) is 16.9 Å². The van der Waals surface area contributed by atoms with E-state index >= 15 is 0 Å². The lowest BCUT2D eigenvalue weighted by molar-refractivity contribution is 0.101. The molecular weight excluding hydrogens is 364 g/mol. The minimum Gasteiger partial charge on any atom is -0.496 e. The van der Waals surface area contributed by atoms with Crippen molar-refractivity contribution >= 4 is 11.9 Å². The number of ketones is 1. The SMILES string of the molecule is COc1ccccc1/C=C/C=C1/Oc2cc(OCc3ccccc3)ccc2C1=O. The van der Waals surface area contributed by atoms with Crippen molar-refractivity contribution in [2.24, 2.45) is 0 Å². The van der Waals surface area contributed by atoms with Crippen LogP contribution in [0.2, 0.25) is 0 Å². The highest BCUT2D eigenvalue weighted by Gasteiger charge is 2.27. The molecule has 0 fully saturated rings. The fourth-order valence-electron chi connectivity index (χ4n) is 3.06. The van der Waals surface area contributed by atoms with E-state index in [4.69, 9.17) is 14.2 Å². The zero-order valence-corrected chi connectivity index (χ0v) is 16.0. The summed E-state index contributed by atoms with van der Waals surface area (Å²) in [5, 5.41) is 0. The average Bonchev–Trinajstić information content (AvgIpc) is 3.08. The van der Waals surface area contributed by atoms with Gasteiger partial charge in [-0.2, -0.15) is 0 Å². The molecule has 4 heteroatoms. The standard InChI is InChI=1S/C25H20O4/c1-27-22-12-6-5-10-19(22)11-7-13-23-25(26)21-15-14-20(16-24(21)29-23)28-17-18-8-3-2-4-9-18/h2-16H,17H2,1H3/b11-7+,23-13+. The molecule has 3 aromatic rings. The van der Waals surface area contributed by atoms with Crippen LogP contribution < -0.4 is 14.2 Å². The Hall–Kier alpha value is -3.79. The summed E-state index contributed by atoms with van der Waals surface area (Å²) in [6, 6.07) is 22.9. The van der Waals surface area contributed by atoms with Crippen LogP contribution in [0.15, 0.2) is 90.7 Å². The second-order valence-electron chi connectivity index (χ2n) is 6.50. The van der Waals surface area contributed by atoms with E-state index < -0.39 is 0 Å². The molecule has 4 rings (SSSR count). The number of hydrogen-bond acceptors (Lipinski definition) is 4. The molecule has 0 aliphatic carbocycles. The molecule has 0 aromatic heterocycles. The van der Waals surface area contributed by atoms with Gasteiger partial charge in [0.1, 0.15) is 23.9 Å². The van der Waals surface area contributed by atoms with Gasteiger partial charge in [0.05, 0.1) is 12.7 Å². The number of ether oxygens (including phenoxy) is 3. The molecule has 0 radical (unpaired) electrons. The summed E-state index contributed by atoms with van der Waals surface area (Å²) in [6.07, 6.45) is 5.32. The summed E-state index contributed by atoms with van der Waals surface area (Å²) in [6.45, 7) is 0.456. The number of para-hydroxylation sites is 1. The van der Waals surface area contributed by atoms with Gasteiger partial charge in [-0.25, -0.2) is 0 Å². The van der Waals surface area contributed by atoms with Crippen molar-refractivity contribution in [3.05, 3.63) is 107 Å². The summed E-state index contributed by atoms with van der Waals surface area (Å²) in [5.41, 5.74) is 2.53. The number of fused-ring (bicyclic) bond motifs is 1. The van der Waals surface area contributed by atoms with Crippen molar-refractivity contribution in [1.29, 1.82) is 0 Å². The fraction of sp³-hybridized carbons (Fsp3) is 0.0800. The lowest BCUT2D eigenvalue weighted by Crippen LogP contribution is -1.97. The molecule has 0 N–H and O–H groups in total. The molecule has 0 bridgehead atoms. The van der Waals surface area contributed by atoms with Crippen molar-refractivity contribution in [2.45, 2.75) is 6.61 Å². The van der Waals surface area contributed by atoms with E-state index in [1.165, 1.54) is 0 Å². The highest BCUT2D eigenvalue weighted by Crippen LogP contribution is 2.34. The van der Waals surface area contributed by atoms with E-state index in [-0.39, 0.29) is 11.5 Å². The first-order valence-corrected chi connectivity index (χ1v) is 9.29. The molecule has 4 nitrogen and oxygen atoms in total. The second-order valence-corrected chi connectivity index (χ2v) is 6.50. The zero-order chi connectivity index (χ0) is 20.1. The normalized spacial score (nSPS) is 14.1. The Morgan fingerprint density at radius 2 is 1.76 bits per heavy atom. The Labute approximate surface area is 169 Å². The third kappa shape index (κ3) is 4.22. The van der Waals surface area contributed by atoms with Gasteiger partial charge in [-0.15, -0.1) is 0 Å². The smallest absolute Gasteiger partial charge is 0.231 e. The number of allylic oxidation sites excluding steroid dienone is 3. The van der Waals surface area contributed by atoms with Crippen LogP contribution in [0.25, 0.3) is 6.08 Å². The molecule has 0 atom stereocenters. The molecular formula is C25H20O4. The van der Waals surface area contributed by atoms with E-state index in [1.807, 2.05) is 60.7 Å². The van der Waals surface area contributed by atoms with E-state index in [9.17, 15) is 4.79 Å². The Morgan fingerprint density at radius 3 is 2.59 bits per heavy atom. The molecule has 144 valence electrons. The predicted molar refractivity (Wildman–Crippen MR) is 112 cm³/mol. The van der Waals surface area contributed by atoms with Gasteiger partial charge in [0.25, 0.3) is 0 Å². The lowest BCUT2D eigenvalue weighted by atomic mass is 10.1. The third-order valence-corrected chi connectivity index (χ3v) is 4.55. The zero-order valence-electron chi connectivity index (χ0n) is 16.0. The maximum atomic E-state index is 12.6. The van der Waals surface area contributed by atoms with Gasteiger partial charge >= 0.3 is 0 Å². The minimum atomic E-state index is -0.140. The molecule has 0 spiro atoms. The first-order chi connectivity index (χ1) is 14.2. The summed E-state index contributed by atoms with van der Waals surface area (Å²) in [5.74, 6) is 2.08. The van der Waals surface area contributed by atoms with Crippen LogP contribution in [0.3, 0.4) is 0 Å².